The zero-order valence-corrected chi connectivity index (χ0v) is 15.9. The van der Waals surface area contributed by atoms with Gasteiger partial charge in [-0.25, -0.2) is 0 Å². The summed E-state index contributed by atoms with van der Waals surface area (Å²) in [6.45, 7) is 0. The molecule has 2 aromatic rings. The van der Waals surface area contributed by atoms with Gasteiger partial charge in [0.25, 0.3) is 0 Å². The Labute approximate surface area is 153 Å². The minimum Gasteiger partial charge on any atom is -0.116 e. The Morgan fingerprint density at radius 1 is 0.560 bits per heavy atom. The summed E-state index contributed by atoms with van der Waals surface area (Å²) < 4.78 is 0. The van der Waals surface area contributed by atoms with Crippen molar-refractivity contribution in [2.75, 3.05) is 0 Å². The number of hydrogen-bond donors (Lipinski definition) is 0. The maximum absolute atomic E-state index is 2.50. The van der Waals surface area contributed by atoms with E-state index in [1.54, 1.807) is 22.3 Å². The third-order valence-electron chi connectivity index (χ3n) is 8.07. The largest absolute Gasteiger partial charge is 0.116 e. The normalized spacial score (nSPS) is 39.0. The molecule has 0 unspecified atom stereocenters. The average Bonchev–Trinajstić information content (AvgIpc) is 2.79. The van der Waals surface area contributed by atoms with Crippen LogP contribution in [0.25, 0.3) is 0 Å². The second kappa shape index (κ2) is 5.20. The minimum atomic E-state index is 0.307. The lowest BCUT2D eigenvalue weighted by molar-refractivity contribution is 0.299. The smallest absolute Gasteiger partial charge is 0.0209 e. The van der Waals surface area contributed by atoms with E-state index >= 15 is 0 Å². The molecule has 0 nitrogen and oxygen atoms in total. The fourth-order valence-electron chi connectivity index (χ4n) is 6.89. The van der Waals surface area contributed by atoms with E-state index in [0.717, 1.165) is 11.3 Å². The monoisotopic (exact) mass is 346 g/mol. The van der Waals surface area contributed by atoms with Crippen molar-refractivity contribution in [1.29, 1.82) is 0 Å². The molecule has 0 N–H and O–H groups in total. The molecule has 3 aliphatic carbocycles. The molecular weight excluding hydrogens is 319 g/mol. The van der Waals surface area contributed by atoms with Gasteiger partial charge in [0, 0.05) is 10.8 Å². The molecule has 0 radical (unpaired) electrons. The summed E-state index contributed by atoms with van der Waals surface area (Å²) in [6, 6.07) is 19.2. The van der Waals surface area contributed by atoms with Gasteiger partial charge in [0.05, 0.1) is 0 Å². The number of rotatable bonds is 0. The van der Waals surface area contributed by atoms with Crippen molar-refractivity contribution >= 4 is 8.58 Å². The van der Waals surface area contributed by atoms with Gasteiger partial charge in [-0.15, -0.1) is 8.58 Å². The Morgan fingerprint density at radius 2 is 0.880 bits per heavy atom. The molecule has 1 heteroatoms. The van der Waals surface area contributed by atoms with Crippen LogP contribution in [0.5, 0.6) is 0 Å². The third-order valence-corrected chi connectivity index (χ3v) is 10.2. The predicted octanol–water partition coefficient (Wildman–Crippen LogP) is 6.15. The summed E-state index contributed by atoms with van der Waals surface area (Å²) in [6.07, 6.45) is 11.3. The molecule has 2 aromatic carbocycles. The highest BCUT2D eigenvalue weighted by molar-refractivity contribution is 7.39. The van der Waals surface area contributed by atoms with E-state index in [4.69, 9.17) is 0 Å². The summed E-state index contributed by atoms with van der Waals surface area (Å²) >= 11 is 0. The second-order valence-corrected chi connectivity index (χ2v) is 10.9. The molecule has 2 spiro atoms. The lowest BCUT2D eigenvalue weighted by Crippen LogP contribution is -2.45. The standard InChI is InChI=1S/C24H27P/c1-2-6-20-19(5-1)23-13-9-17(10-14-23)25-18-11-15-24(20,16-12-18)22-8-4-3-7-21(22)23/h1-8,17-18,25H,9-16H2. The Bertz CT molecular complexity index is 700. The summed E-state index contributed by atoms with van der Waals surface area (Å²) in [7, 11) is 1.23. The molecule has 128 valence electrons. The Balaban J connectivity index is 1.72. The van der Waals surface area contributed by atoms with E-state index in [2.05, 4.69) is 48.5 Å². The SMILES string of the molecule is c1ccc2c(c1)C13CCC(CC1)PC1CCC2(CC1)c1ccccc13. The molecule has 11 aliphatic rings. The van der Waals surface area contributed by atoms with E-state index < -0.39 is 0 Å². The maximum atomic E-state index is 2.50. The first kappa shape index (κ1) is 15.0. The van der Waals surface area contributed by atoms with Crippen LogP contribution in [0.4, 0.5) is 0 Å². The fraction of sp³-hybridized carbons (Fsp3) is 0.500. The van der Waals surface area contributed by atoms with Crippen LogP contribution >= 0.6 is 8.58 Å². The molecule has 8 heterocycles. The highest BCUT2D eigenvalue weighted by Gasteiger charge is 2.53. The molecule has 25 heavy (non-hydrogen) atoms. The predicted molar refractivity (Wildman–Crippen MR) is 107 cm³/mol. The Kier molecular flexibility index (Phi) is 3.11. The summed E-state index contributed by atoms with van der Waals surface area (Å²) in [5.74, 6) is 0. The first-order valence-corrected chi connectivity index (χ1v) is 11.4. The molecule has 0 atom stereocenters. The summed E-state index contributed by atoms with van der Waals surface area (Å²) in [5.41, 5.74) is 9.46. The van der Waals surface area contributed by atoms with Crippen molar-refractivity contribution in [3.63, 3.8) is 0 Å². The van der Waals surface area contributed by atoms with Gasteiger partial charge in [-0.2, -0.15) is 0 Å². The van der Waals surface area contributed by atoms with E-state index in [0.29, 0.717) is 10.8 Å². The van der Waals surface area contributed by atoms with Crippen molar-refractivity contribution in [2.24, 2.45) is 0 Å². The Morgan fingerprint density at radius 3 is 1.20 bits per heavy atom. The van der Waals surface area contributed by atoms with E-state index in [-0.39, 0.29) is 0 Å². The Hall–Kier alpha value is -1.13. The highest BCUT2D eigenvalue weighted by atomic mass is 31.1. The van der Waals surface area contributed by atoms with Gasteiger partial charge in [-0.3, -0.25) is 0 Å². The van der Waals surface area contributed by atoms with Crippen LogP contribution in [0.1, 0.15) is 73.6 Å². The zero-order chi connectivity index (χ0) is 16.5. The van der Waals surface area contributed by atoms with Crippen LogP contribution in [0.2, 0.25) is 0 Å². The van der Waals surface area contributed by atoms with Crippen LogP contribution in [0.3, 0.4) is 0 Å². The summed E-state index contributed by atoms with van der Waals surface area (Å²) in [4.78, 5) is 0. The van der Waals surface area contributed by atoms with Gasteiger partial charge in [0.2, 0.25) is 0 Å². The second-order valence-electron chi connectivity index (χ2n) is 8.97. The van der Waals surface area contributed by atoms with Gasteiger partial charge < -0.3 is 0 Å². The van der Waals surface area contributed by atoms with Crippen molar-refractivity contribution < 1.29 is 0 Å². The first-order valence-electron chi connectivity index (χ1n) is 10.3. The quantitative estimate of drug-likeness (QED) is 0.502. The van der Waals surface area contributed by atoms with Gasteiger partial charge in [-0.05, 0) is 84.9 Å². The molecule has 8 aliphatic heterocycles. The van der Waals surface area contributed by atoms with Gasteiger partial charge in [0.1, 0.15) is 0 Å². The van der Waals surface area contributed by atoms with E-state index in [1.165, 1.54) is 59.9 Å². The summed E-state index contributed by atoms with van der Waals surface area (Å²) in [5, 5.41) is 0. The molecule has 2 fully saturated rings. The van der Waals surface area contributed by atoms with Gasteiger partial charge in [0.15, 0.2) is 0 Å². The van der Waals surface area contributed by atoms with Crippen molar-refractivity contribution in [1.82, 2.24) is 0 Å². The molecule has 0 saturated heterocycles. The highest BCUT2D eigenvalue weighted by Crippen LogP contribution is 2.62. The van der Waals surface area contributed by atoms with Crippen LogP contribution in [-0.2, 0) is 10.8 Å². The number of hydrogen-bond acceptors (Lipinski definition) is 0. The topological polar surface area (TPSA) is 0 Å². The zero-order valence-electron chi connectivity index (χ0n) is 14.9. The van der Waals surface area contributed by atoms with Crippen molar-refractivity contribution in [2.45, 2.75) is 73.5 Å². The third kappa shape index (κ3) is 1.88. The van der Waals surface area contributed by atoms with Crippen molar-refractivity contribution in [3.05, 3.63) is 70.8 Å². The van der Waals surface area contributed by atoms with Crippen LogP contribution < -0.4 is 0 Å². The average molecular weight is 346 g/mol. The molecule has 4 bridgehead atoms. The van der Waals surface area contributed by atoms with Crippen LogP contribution in [0, 0.1) is 0 Å². The molecule has 0 amide bonds. The maximum Gasteiger partial charge on any atom is 0.0209 e. The first-order chi connectivity index (χ1) is 12.3. The fourth-order valence-corrected chi connectivity index (χ4v) is 8.80. The van der Waals surface area contributed by atoms with Gasteiger partial charge in [-0.1, -0.05) is 48.5 Å². The molecule has 0 aromatic heterocycles. The van der Waals surface area contributed by atoms with Gasteiger partial charge >= 0.3 is 0 Å². The molecule has 13 rings (SSSR count). The molecule has 2 saturated carbocycles. The van der Waals surface area contributed by atoms with Crippen LogP contribution in [-0.4, -0.2) is 11.3 Å². The minimum absolute atomic E-state index is 0.307. The van der Waals surface area contributed by atoms with E-state index in [1.807, 2.05) is 0 Å². The van der Waals surface area contributed by atoms with Crippen LogP contribution in [0.15, 0.2) is 48.5 Å². The lowest BCUT2D eigenvalue weighted by atomic mass is 9.51. The van der Waals surface area contributed by atoms with E-state index in [9.17, 15) is 0 Å². The molecular formula is C24H27P. The lowest BCUT2D eigenvalue weighted by Gasteiger charge is -2.52. The van der Waals surface area contributed by atoms with Crippen molar-refractivity contribution in [3.8, 4) is 0 Å². The number of benzene rings is 2.